The van der Waals surface area contributed by atoms with E-state index in [-0.39, 0.29) is 52.8 Å². The Hall–Kier alpha value is -2.82. The van der Waals surface area contributed by atoms with E-state index in [1.54, 1.807) is 6.92 Å². The topological polar surface area (TPSA) is 84.4 Å². The molecule has 182 valence electrons. The van der Waals surface area contributed by atoms with Crippen LogP contribution in [-0.4, -0.2) is 57.2 Å². The molecular formula is C22H31F3N6O2. The average molecular weight is 469 g/mol. The Morgan fingerprint density at radius 1 is 1.15 bits per heavy atom. The first-order valence-corrected chi connectivity index (χ1v) is 10.8. The van der Waals surface area contributed by atoms with Crippen LogP contribution in [0.4, 0.5) is 30.6 Å². The van der Waals surface area contributed by atoms with Crippen LogP contribution in [0.25, 0.3) is 0 Å². The number of ether oxygens (including phenoxy) is 2. The summed E-state index contributed by atoms with van der Waals surface area (Å²) in [5, 5.41) is 6.07. The fraction of sp³-hybridized carbons (Fsp3) is 0.591. The van der Waals surface area contributed by atoms with Gasteiger partial charge in [-0.2, -0.15) is 13.8 Å². The Kier molecular flexibility index (Phi) is 7.20. The number of rotatable bonds is 8. The number of hydrogen-bond donors (Lipinski definition) is 2. The highest BCUT2D eigenvalue weighted by Gasteiger charge is 2.43. The van der Waals surface area contributed by atoms with Crippen molar-refractivity contribution in [3.63, 3.8) is 0 Å². The van der Waals surface area contributed by atoms with Crippen LogP contribution in [0.2, 0.25) is 0 Å². The molecule has 0 spiro atoms. The first-order valence-electron chi connectivity index (χ1n) is 10.8. The summed E-state index contributed by atoms with van der Waals surface area (Å²) in [4.78, 5) is 14.5. The van der Waals surface area contributed by atoms with Crippen molar-refractivity contribution in [2.75, 3.05) is 24.3 Å². The molecule has 1 fully saturated rings. The minimum atomic E-state index is -3.04. The highest BCUT2D eigenvalue weighted by molar-refractivity contribution is 5.58. The van der Waals surface area contributed by atoms with Gasteiger partial charge in [-0.1, -0.05) is 0 Å². The van der Waals surface area contributed by atoms with Gasteiger partial charge in [0.25, 0.3) is 5.88 Å². The molecule has 0 amide bonds. The number of alkyl halides is 2. The third-order valence-corrected chi connectivity index (χ3v) is 5.96. The van der Waals surface area contributed by atoms with Crippen molar-refractivity contribution in [1.82, 2.24) is 19.9 Å². The lowest BCUT2D eigenvalue weighted by Crippen LogP contribution is -2.61. The molecule has 0 radical (unpaired) electrons. The molecule has 11 heteroatoms. The Balaban J connectivity index is 1.79. The lowest BCUT2D eigenvalue weighted by atomic mass is 9.77. The molecule has 0 aliphatic carbocycles. The number of anilines is 3. The van der Waals surface area contributed by atoms with Crippen molar-refractivity contribution < 1.29 is 22.6 Å². The fourth-order valence-electron chi connectivity index (χ4n) is 4.25. The minimum Gasteiger partial charge on any atom is -0.475 e. The summed E-state index contributed by atoms with van der Waals surface area (Å²) in [6, 6.07) is 1.30. The van der Waals surface area contributed by atoms with E-state index in [0.29, 0.717) is 0 Å². The minimum absolute atomic E-state index is 0.00152. The molecule has 2 aromatic heterocycles. The lowest BCUT2D eigenvalue weighted by molar-refractivity contribution is -0.0517. The predicted molar refractivity (Wildman–Crippen MR) is 120 cm³/mol. The van der Waals surface area contributed by atoms with Crippen LogP contribution in [-0.2, 0) is 0 Å². The van der Waals surface area contributed by atoms with Crippen LogP contribution in [0.15, 0.2) is 18.5 Å². The maximum absolute atomic E-state index is 14.5. The van der Waals surface area contributed by atoms with Gasteiger partial charge in [-0.15, -0.1) is 0 Å². The Morgan fingerprint density at radius 2 is 1.82 bits per heavy atom. The predicted octanol–water partition coefficient (Wildman–Crippen LogP) is 4.82. The second-order valence-electron chi connectivity index (χ2n) is 9.29. The summed E-state index contributed by atoms with van der Waals surface area (Å²) in [6.07, 6.45) is 4.03. The van der Waals surface area contributed by atoms with Crippen molar-refractivity contribution in [3.8, 4) is 11.6 Å². The van der Waals surface area contributed by atoms with Gasteiger partial charge in [-0.25, -0.2) is 14.4 Å². The van der Waals surface area contributed by atoms with Gasteiger partial charge in [-0.3, -0.25) is 4.90 Å². The first-order chi connectivity index (χ1) is 15.4. The highest BCUT2D eigenvalue weighted by atomic mass is 19.3. The summed E-state index contributed by atoms with van der Waals surface area (Å²) in [5.41, 5.74) is 0.117. The van der Waals surface area contributed by atoms with Gasteiger partial charge in [-0.05, 0) is 54.5 Å². The number of likely N-dealkylation sites (tertiary alicyclic amines) is 1. The third kappa shape index (κ3) is 5.95. The van der Waals surface area contributed by atoms with Gasteiger partial charge in [0.1, 0.15) is 0 Å². The van der Waals surface area contributed by atoms with E-state index in [4.69, 9.17) is 4.74 Å². The van der Waals surface area contributed by atoms with Gasteiger partial charge in [0.2, 0.25) is 5.95 Å². The third-order valence-electron chi connectivity index (χ3n) is 5.96. The Morgan fingerprint density at radius 3 is 2.42 bits per heavy atom. The quantitative estimate of drug-likeness (QED) is 0.571. The number of nitrogens with one attached hydrogen (secondary N) is 2. The summed E-state index contributed by atoms with van der Waals surface area (Å²) in [6.45, 7) is 7.52. The van der Waals surface area contributed by atoms with Crippen LogP contribution in [0.5, 0.6) is 11.6 Å². The first kappa shape index (κ1) is 24.8. The molecule has 0 bridgehead atoms. The zero-order chi connectivity index (χ0) is 24.4. The molecule has 33 heavy (non-hydrogen) atoms. The molecule has 0 atom stereocenters. The number of aromatic nitrogens is 3. The molecular weight excluding hydrogens is 437 g/mol. The molecule has 0 unspecified atom stereocenters. The monoisotopic (exact) mass is 468 g/mol. The largest absolute Gasteiger partial charge is 0.475 e. The number of nitrogens with zero attached hydrogens (tertiary/aromatic N) is 4. The molecule has 0 aromatic carbocycles. The second kappa shape index (κ2) is 9.58. The van der Waals surface area contributed by atoms with Crippen LogP contribution < -0.4 is 20.1 Å². The standard InChI is InChI=1S/C22H31F3N6O2/c1-7-32-18-16(33-19(24)25)8-13(11-26-18)29-20-27-12-15(23)17(30-20)28-14-9-21(2,3)31(6)22(4,5)10-14/h8,11-12,14,19H,7,9-10H2,1-6H3,(H2,27,28,29,30). The number of piperidine rings is 1. The van der Waals surface area contributed by atoms with Gasteiger partial charge in [0.15, 0.2) is 17.4 Å². The van der Waals surface area contributed by atoms with Gasteiger partial charge >= 0.3 is 6.61 Å². The Labute approximate surface area is 191 Å². The van der Waals surface area contributed by atoms with Crippen LogP contribution in [0.1, 0.15) is 47.5 Å². The SMILES string of the molecule is CCOc1ncc(Nc2ncc(F)c(NC3CC(C)(C)N(C)C(C)(C)C3)n2)cc1OC(F)F. The van der Waals surface area contributed by atoms with Crippen LogP contribution >= 0.6 is 0 Å². The second-order valence-corrected chi connectivity index (χ2v) is 9.29. The smallest absolute Gasteiger partial charge is 0.387 e. The zero-order valence-corrected chi connectivity index (χ0v) is 19.7. The zero-order valence-electron chi connectivity index (χ0n) is 19.7. The fourth-order valence-corrected chi connectivity index (χ4v) is 4.25. The van der Waals surface area contributed by atoms with E-state index < -0.39 is 12.4 Å². The van der Waals surface area contributed by atoms with Crippen LogP contribution in [0, 0.1) is 5.82 Å². The molecule has 3 heterocycles. The molecule has 1 aliphatic rings. The molecule has 8 nitrogen and oxygen atoms in total. The molecule has 1 aliphatic heterocycles. The van der Waals surface area contributed by atoms with Crippen molar-refractivity contribution in [3.05, 3.63) is 24.3 Å². The molecule has 0 saturated carbocycles. The van der Waals surface area contributed by atoms with E-state index in [1.165, 1.54) is 12.3 Å². The Bertz CT molecular complexity index is 955. The van der Waals surface area contributed by atoms with E-state index in [1.807, 2.05) is 0 Å². The van der Waals surface area contributed by atoms with Crippen molar-refractivity contribution >= 4 is 17.5 Å². The summed E-state index contributed by atoms with van der Waals surface area (Å²) in [7, 11) is 2.10. The van der Waals surface area contributed by atoms with Crippen molar-refractivity contribution in [2.24, 2.45) is 0 Å². The van der Waals surface area contributed by atoms with E-state index in [2.05, 4.69) is 70.0 Å². The molecule has 1 saturated heterocycles. The maximum atomic E-state index is 14.5. The molecule has 2 aromatic rings. The van der Waals surface area contributed by atoms with Gasteiger partial charge < -0.3 is 20.1 Å². The number of pyridine rings is 1. The van der Waals surface area contributed by atoms with E-state index >= 15 is 0 Å². The normalized spacial score (nSPS) is 18.2. The maximum Gasteiger partial charge on any atom is 0.387 e. The number of hydrogen-bond acceptors (Lipinski definition) is 8. The summed E-state index contributed by atoms with van der Waals surface area (Å²) < 4.78 is 49.7. The van der Waals surface area contributed by atoms with E-state index in [9.17, 15) is 13.2 Å². The van der Waals surface area contributed by atoms with Gasteiger partial charge in [0, 0.05) is 23.2 Å². The van der Waals surface area contributed by atoms with Crippen molar-refractivity contribution in [1.29, 1.82) is 0 Å². The number of halogens is 3. The van der Waals surface area contributed by atoms with E-state index in [0.717, 1.165) is 19.0 Å². The average Bonchev–Trinajstić information content (AvgIpc) is 2.70. The summed E-state index contributed by atoms with van der Waals surface area (Å²) >= 11 is 0. The van der Waals surface area contributed by atoms with Crippen molar-refractivity contribution in [2.45, 2.75) is 71.2 Å². The summed E-state index contributed by atoms with van der Waals surface area (Å²) in [5.74, 6) is -0.719. The molecule has 3 rings (SSSR count). The highest BCUT2D eigenvalue weighted by Crippen LogP contribution is 2.38. The lowest BCUT2D eigenvalue weighted by Gasteiger charge is -2.53. The van der Waals surface area contributed by atoms with Crippen LogP contribution in [0.3, 0.4) is 0 Å². The molecule has 2 N–H and O–H groups in total. The van der Waals surface area contributed by atoms with Gasteiger partial charge in [0.05, 0.1) is 24.7 Å².